The van der Waals surface area contributed by atoms with Crippen molar-refractivity contribution in [3.63, 3.8) is 0 Å². The Morgan fingerprint density at radius 2 is 1.76 bits per heavy atom. The highest BCUT2D eigenvalue weighted by Gasteiger charge is 2.36. The van der Waals surface area contributed by atoms with Gasteiger partial charge in [0.1, 0.15) is 5.75 Å². The second-order valence-corrected chi connectivity index (χ2v) is 7.04. The minimum absolute atomic E-state index is 0.545. The summed E-state index contributed by atoms with van der Waals surface area (Å²) in [5, 5.41) is 22.2. The summed E-state index contributed by atoms with van der Waals surface area (Å²) in [5.74, 6) is 0.722. The minimum atomic E-state index is -0.881. The molecule has 4 nitrogen and oxygen atoms in total. The molecule has 5 heteroatoms. The van der Waals surface area contributed by atoms with Crippen LogP contribution in [0.1, 0.15) is 30.1 Å². The molecule has 1 fully saturated rings. The van der Waals surface area contributed by atoms with Crippen molar-refractivity contribution in [2.45, 2.75) is 24.5 Å². The number of ether oxygens (including phenoxy) is 1. The second-order valence-electron chi connectivity index (χ2n) is 6.60. The summed E-state index contributed by atoms with van der Waals surface area (Å²) in [5.41, 5.74) is 0.819. The van der Waals surface area contributed by atoms with Gasteiger partial charge in [0.15, 0.2) is 0 Å². The van der Waals surface area contributed by atoms with Gasteiger partial charge in [0.2, 0.25) is 0 Å². The Balaban J connectivity index is 1.62. The van der Waals surface area contributed by atoms with E-state index in [0.29, 0.717) is 24.4 Å². The minimum Gasteiger partial charge on any atom is -0.496 e. The van der Waals surface area contributed by atoms with Crippen molar-refractivity contribution in [2.24, 2.45) is 0 Å². The maximum Gasteiger partial charge on any atom is 0.124 e. The first-order valence-corrected chi connectivity index (χ1v) is 8.91. The summed E-state index contributed by atoms with van der Waals surface area (Å²) >= 11 is 5.89. The van der Waals surface area contributed by atoms with Crippen LogP contribution in [0.15, 0.2) is 48.5 Å². The van der Waals surface area contributed by atoms with E-state index in [-0.39, 0.29) is 0 Å². The molecule has 2 aromatic carbocycles. The van der Waals surface area contributed by atoms with Gasteiger partial charge in [-0.3, -0.25) is 0 Å². The third-order valence-corrected chi connectivity index (χ3v) is 5.23. The number of hydrogen-bond acceptors (Lipinski definition) is 4. The fraction of sp³-hybridized carbons (Fsp3) is 0.400. The van der Waals surface area contributed by atoms with Crippen LogP contribution in [0.5, 0.6) is 5.75 Å². The maximum atomic E-state index is 11.1. The van der Waals surface area contributed by atoms with E-state index < -0.39 is 11.7 Å². The van der Waals surface area contributed by atoms with Crippen LogP contribution in [0.2, 0.25) is 5.02 Å². The Bertz CT molecular complexity index is 696. The van der Waals surface area contributed by atoms with Gasteiger partial charge in [-0.1, -0.05) is 41.9 Å². The van der Waals surface area contributed by atoms with E-state index in [1.165, 1.54) is 0 Å². The zero-order valence-corrected chi connectivity index (χ0v) is 15.1. The Morgan fingerprint density at radius 1 is 1.12 bits per heavy atom. The molecule has 2 N–H and O–H groups in total. The number of piperidine rings is 1. The predicted molar refractivity (Wildman–Crippen MR) is 99.0 cm³/mol. The number of nitrogens with zero attached hydrogens (tertiary/aromatic N) is 1. The van der Waals surface area contributed by atoms with Gasteiger partial charge in [-0.2, -0.15) is 0 Å². The van der Waals surface area contributed by atoms with Crippen LogP contribution >= 0.6 is 11.6 Å². The highest BCUT2D eigenvalue weighted by Crippen LogP contribution is 2.38. The van der Waals surface area contributed by atoms with Gasteiger partial charge in [-0.25, -0.2) is 0 Å². The summed E-state index contributed by atoms with van der Waals surface area (Å²) in [6.45, 7) is 1.99. The van der Waals surface area contributed by atoms with Crippen molar-refractivity contribution in [1.82, 2.24) is 4.90 Å². The Morgan fingerprint density at radius 3 is 2.40 bits per heavy atom. The van der Waals surface area contributed by atoms with Crippen molar-refractivity contribution >= 4 is 11.6 Å². The van der Waals surface area contributed by atoms with Gasteiger partial charge in [0, 0.05) is 30.2 Å². The van der Waals surface area contributed by atoms with E-state index in [4.69, 9.17) is 16.3 Å². The molecule has 3 rings (SSSR count). The van der Waals surface area contributed by atoms with Gasteiger partial charge in [0.05, 0.1) is 18.8 Å². The molecule has 1 saturated heterocycles. The first-order chi connectivity index (χ1) is 12.0. The smallest absolute Gasteiger partial charge is 0.124 e. The lowest BCUT2D eigenvalue weighted by atomic mass is 9.83. The van der Waals surface area contributed by atoms with E-state index in [9.17, 15) is 10.2 Å². The molecule has 1 aliphatic heterocycles. The molecular weight excluding hydrogens is 338 g/mol. The molecule has 0 amide bonds. The first kappa shape index (κ1) is 18.2. The van der Waals surface area contributed by atoms with E-state index in [0.717, 1.165) is 30.0 Å². The van der Waals surface area contributed by atoms with Crippen molar-refractivity contribution in [3.05, 3.63) is 64.7 Å². The number of benzene rings is 2. The van der Waals surface area contributed by atoms with Gasteiger partial charge in [-0.15, -0.1) is 0 Å². The third kappa shape index (κ3) is 4.15. The van der Waals surface area contributed by atoms with Gasteiger partial charge < -0.3 is 19.8 Å². The van der Waals surface area contributed by atoms with Crippen LogP contribution in [-0.4, -0.2) is 41.9 Å². The summed E-state index contributed by atoms with van der Waals surface area (Å²) in [4.78, 5) is 2.18. The number of methoxy groups -OCH3 is 1. The molecular formula is C20H24ClNO3. The highest BCUT2D eigenvalue weighted by molar-refractivity contribution is 6.30. The predicted octanol–water partition coefficient (Wildman–Crippen LogP) is 3.37. The number of halogens is 1. The van der Waals surface area contributed by atoms with Crippen LogP contribution in [0.3, 0.4) is 0 Å². The number of para-hydroxylation sites is 1. The lowest BCUT2D eigenvalue weighted by Crippen LogP contribution is -2.44. The molecule has 1 atom stereocenters. The van der Waals surface area contributed by atoms with Gasteiger partial charge in [-0.05, 0) is 36.6 Å². The largest absolute Gasteiger partial charge is 0.496 e. The van der Waals surface area contributed by atoms with Crippen molar-refractivity contribution < 1.29 is 14.9 Å². The Hall–Kier alpha value is -1.59. The third-order valence-electron chi connectivity index (χ3n) is 4.98. The van der Waals surface area contributed by atoms with Gasteiger partial charge >= 0.3 is 0 Å². The number of rotatable bonds is 5. The normalized spacial score (nSPS) is 18.7. The van der Waals surface area contributed by atoms with Crippen LogP contribution in [-0.2, 0) is 5.60 Å². The molecule has 0 aliphatic carbocycles. The summed E-state index contributed by atoms with van der Waals surface area (Å²) < 4.78 is 5.40. The van der Waals surface area contributed by atoms with E-state index in [1.807, 2.05) is 36.4 Å². The van der Waals surface area contributed by atoms with Gasteiger partial charge in [0.25, 0.3) is 0 Å². The van der Waals surface area contributed by atoms with Crippen molar-refractivity contribution in [3.8, 4) is 5.75 Å². The summed E-state index contributed by atoms with van der Waals surface area (Å²) in [7, 11) is 1.62. The molecule has 0 unspecified atom stereocenters. The number of β-amino-alcohol motifs (C(OH)–C–C–N with tert-alkyl or cyclic N) is 1. The zero-order chi connectivity index (χ0) is 17.9. The van der Waals surface area contributed by atoms with Crippen LogP contribution < -0.4 is 4.74 Å². The monoisotopic (exact) mass is 361 g/mol. The molecule has 134 valence electrons. The highest BCUT2D eigenvalue weighted by atomic mass is 35.5. The molecule has 0 spiro atoms. The number of aliphatic hydroxyl groups excluding tert-OH is 1. The topological polar surface area (TPSA) is 52.9 Å². The average Bonchev–Trinajstić information content (AvgIpc) is 2.64. The second kappa shape index (κ2) is 7.75. The van der Waals surface area contributed by atoms with E-state index in [1.54, 1.807) is 19.2 Å². The molecule has 0 bridgehead atoms. The van der Waals surface area contributed by atoms with Crippen LogP contribution in [0, 0.1) is 0 Å². The molecule has 1 aliphatic rings. The van der Waals surface area contributed by atoms with E-state index >= 15 is 0 Å². The summed E-state index contributed by atoms with van der Waals surface area (Å²) in [6.07, 6.45) is 0.663. The zero-order valence-electron chi connectivity index (χ0n) is 14.4. The number of likely N-dealkylation sites (tertiary alicyclic amines) is 1. The quantitative estimate of drug-likeness (QED) is 0.857. The molecule has 25 heavy (non-hydrogen) atoms. The van der Waals surface area contributed by atoms with Crippen molar-refractivity contribution in [2.75, 3.05) is 26.7 Å². The lowest BCUT2D eigenvalue weighted by Gasteiger charge is -2.39. The molecule has 0 radical (unpaired) electrons. The summed E-state index contributed by atoms with van der Waals surface area (Å²) in [6, 6.07) is 14.9. The standard InChI is InChI=1S/C20H24ClNO3/c1-25-19-5-3-2-4-17(19)20(24)10-12-22(13-11-20)14-18(23)15-6-8-16(21)9-7-15/h2-9,18,23-24H,10-14H2,1H3/t18-/m0/s1. The first-order valence-electron chi connectivity index (χ1n) is 8.53. The van der Waals surface area contributed by atoms with Crippen molar-refractivity contribution in [1.29, 1.82) is 0 Å². The molecule has 1 heterocycles. The SMILES string of the molecule is COc1ccccc1C1(O)CCN(C[C@H](O)c2ccc(Cl)cc2)CC1. The fourth-order valence-electron chi connectivity index (χ4n) is 3.44. The van der Waals surface area contributed by atoms with E-state index in [2.05, 4.69) is 4.90 Å². The molecule has 0 aromatic heterocycles. The average molecular weight is 362 g/mol. The number of aliphatic hydroxyl groups is 2. The fourth-order valence-corrected chi connectivity index (χ4v) is 3.56. The lowest BCUT2D eigenvalue weighted by molar-refractivity contribution is -0.0358. The van der Waals surface area contributed by atoms with Crippen LogP contribution in [0.25, 0.3) is 0 Å². The molecule has 2 aromatic rings. The maximum absolute atomic E-state index is 11.1. The Labute approximate surface area is 153 Å². The Kier molecular flexibility index (Phi) is 5.64. The molecule has 0 saturated carbocycles. The van der Waals surface area contributed by atoms with Crippen LogP contribution in [0.4, 0.5) is 0 Å². The number of hydrogen-bond donors (Lipinski definition) is 2.